The first-order chi connectivity index (χ1) is 8.77. The summed E-state index contributed by atoms with van der Waals surface area (Å²) in [5.74, 6) is -0.409. The van der Waals surface area contributed by atoms with E-state index in [4.69, 9.17) is 5.73 Å². The lowest BCUT2D eigenvalue weighted by Crippen LogP contribution is -2.33. The molecule has 1 fully saturated rings. The van der Waals surface area contributed by atoms with E-state index >= 15 is 0 Å². The number of hydrogen-bond acceptors (Lipinski definition) is 3. The van der Waals surface area contributed by atoms with Crippen LogP contribution in [-0.4, -0.2) is 15.0 Å². The lowest BCUT2D eigenvalue weighted by molar-refractivity contribution is 0.357. The average molecular weight is 286 g/mol. The van der Waals surface area contributed by atoms with Crippen LogP contribution in [0.5, 0.6) is 0 Å². The molecule has 1 aromatic rings. The Morgan fingerprint density at radius 3 is 2.53 bits per heavy atom. The molecule has 1 aromatic carbocycles. The zero-order valence-corrected chi connectivity index (χ0v) is 11.9. The van der Waals surface area contributed by atoms with Crippen LogP contribution in [0.3, 0.4) is 0 Å². The number of halogens is 1. The van der Waals surface area contributed by atoms with Crippen LogP contribution in [0.15, 0.2) is 23.1 Å². The van der Waals surface area contributed by atoms with Crippen molar-refractivity contribution in [1.82, 2.24) is 4.72 Å². The molecule has 0 radical (unpaired) electrons. The Balaban J connectivity index is 2.15. The second-order valence-corrected chi connectivity index (χ2v) is 7.27. The fourth-order valence-corrected chi connectivity index (χ4v) is 3.37. The van der Waals surface area contributed by atoms with Gasteiger partial charge in [0.15, 0.2) is 0 Å². The number of benzene rings is 1. The number of sulfonamides is 1. The monoisotopic (exact) mass is 286 g/mol. The molecule has 0 unspecified atom stereocenters. The maximum absolute atomic E-state index is 13.6. The molecule has 1 aliphatic rings. The van der Waals surface area contributed by atoms with Gasteiger partial charge in [0.05, 0.1) is 0 Å². The fraction of sp³-hybridized carbons (Fsp3) is 0.538. The summed E-state index contributed by atoms with van der Waals surface area (Å²) in [4.78, 5) is -0.346. The maximum atomic E-state index is 13.6. The molecular weight excluding hydrogens is 267 g/mol. The smallest absolute Gasteiger partial charge is 0.243 e. The van der Waals surface area contributed by atoms with Crippen molar-refractivity contribution in [1.29, 1.82) is 0 Å². The molecule has 19 heavy (non-hydrogen) atoms. The van der Waals surface area contributed by atoms with E-state index in [1.54, 1.807) is 0 Å². The summed E-state index contributed by atoms with van der Waals surface area (Å²) >= 11 is 0. The van der Waals surface area contributed by atoms with Crippen molar-refractivity contribution in [3.8, 4) is 0 Å². The Bertz CT molecular complexity index is 580. The molecule has 0 amide bonds. The lowest BCUT2D eigenvalue weighted by Gasteiger charge is -2.20. The molecule has 4 nitrogen and oxygen atoms in total. The minimum Gasteiger partial charge on any atom is -0.399 e. The van der Waals surface area contributed by atoms with Crippen LogP contribution in [0.1, 0.15) is 26.7 Å². The van der Waals surface area contributed by atoms with Crippen LogP contribution in [0, 0.1) is 17.2 Å². The van der Waals surface area contributed by atoms with Crippen molar-refractivity contribution in [3.63, 3.8) is 0 Å². The minimum atomic E-state index is -3.81. The molecule has 3 N–H and O–H groups in total. The van der Waals surface area contributed by atoms with Gasteiger partial charge >= 0.3 is 0 Å². The van der Waals surface area contributed by atoms with Gasteiger partial charge in [-0.2, -0.15) is 0 Å². The summed E-state index contributed by atoms with van der Waals surface area (Å²) in [5, 5.41) is 0. The van der Waals surface area contributed by atoms with Gasteiger partial charge in [-0.3, -0.25) is 0 Å². The predicted octanol–water partition coefficient (Wildman–Crippen LogP) is 2.12. The summed E-state index contributed by atoms with van der Waals surface area (Å²) < 4.78 is 40.3. The molecule has 0 spiro atoms. The van der Waals surface area contributed by atoms with Crippen molar-refractivity contribution >= 4 is 15.7 Å². The number of nitrogen functional groups attached to an aromatic ring is 1. The third kappa shape index (κ3) is 2.90. The van der Waals surface area contributed by atoms with Crippen LogP contribution in [-0.2, 0) is 10.0 Å². The van der Waals surface area contributed by atoms with E-state index in [9.17, 15) is 12.8 Å². The van der Waals surface area contributed by atoms with Crippen LogP contribution in [0.25, 0.3) is 0 Å². The van der Waals surface area contributed by atoms with Crippen LogP contribution < -0.4 is 10.5 Å². The Morgan fingerprint density at radius 1 is 1.42 bits per heavy atom. The average Bonchev–Trinajstić information content (AvgIpc) is 3.07. The zero-order chi connectivity index (χ0) is 14.3. The van der Waals surface area contributed by atoms with E-state index in [1.807, 2.05) is 0 Å². The summed E-state index contributed by atoms with van der Waals surface area (Å²) in [7, 11) is -3.81. The highest BCUT2D eigenvalue weighted by Crippen LogP contribution is 2.51. The summed E-state index contributed by atoms with van der Waals surface area (Å²) in [6.07, 6.45) is 2.02. The lowest BCUT2D eigenvalue weighted by atomic mass is 9.93. The Morgan fingerprint density at radius 2 is 2.05 bits per heavy atom. The van der Waals surface area contributed by atoms with Gasteiger partial charge in [-0.25, -0.2) is 17.5 Å². The van der Waals surface area contributed by atoms with Crippen molar-refractivity contribution in [3.05, 3.63) is 24.0 Å². The van der Waals surface area contributed by atoms with E-state index in [2.05, 4.69) is 18.6 Å². The van der Waals surface area contributed by atoms with E-state index in [0.717, 1.165) is 18.9 Å². The molecule has 106 valence electrons. The van der Waals surface area contributed by atoms with Crippen molar-refractivity contribution < 1.29 is 12.8 Å². The fourth-order valence-electron chi connectivity index (χ4n) is 2.17. The molecular formula is C13H19FN2O2S. The highest BCUT2D eigenvalue weighted by molar-refractivity contribution is 7.89. The van der Waals surface area contributed by atoms with Gasteiger partial charge in [0.1, 0.15) is 10.7 Å². The van der Waals surface area contributed by atoms with E-state index in [-0.39, 0.29) is 16.0 Å². The molecule has 2 rings (SSSR count). The first-order valence-electron chi connectivity index (χ1n) is 6.31. The normalized spacial score (nSPS) is 17.7. The molecule has 0 bridgehead atoms. The van der Waals surface area contributed by atoms with Gasteiger partial charge in [-0.15, -0.1) is 0 Å². The summed E-state index contributed by atoms with van der Waals surface area (Å²) in [6, 6.07) is 3.60. The van der Waals surface area contributed by atoms with Crippen molar-refractivity contribution in [2.45, 2.75) is 31.6 Å². The molecule has 6 heteroatoms. The maximum Gasteiger partial charge on any atom is 0.243 e. The minimum absolute atomic E-state index is 0.0390. The largest absolute Gasteiger partial charge is 0.399 e. The van der Waals surface area contributed by atoms with Gasteiger partial charge < -0.3 is 5.73 Å². The highest BCUT2D eigenvalue weighted by Gasteiger charge is 2.45. The summed E-state index contributed by atoms with van der Waals surface area (Å²) in [5.41, 5.74) is 5.65. The first-order valence-corrected chi connectivity index (χ1v) is 7.80. The Hall–Kier alpha value is -1.14. The molecule has 0 heterocycles. The quantitative estimate of drug-likeness (QED) is 0.814. The Kier molecular flexibility index (Phi) is 3.57. The summed E-state index contributed by atoms with van der Waals surface area (Å²) in [6.45, 7) is 4.51. The molecule has 1 aliphatic carbocycles. The van der Waals surface area contributed by atoms with Gasteiger partial charge in [0.2, 0.25) is 10.0 Å². The SMILES string of the molecule is CC(C)C1(CNS(=O)(=O)c2ccc(N)cc2F)CC1. The molecule has 1 saturated carbocycles. The second-order valence-electron chi connectivity index (χ2n) is 5.53. The number of hydrogen-bond donors (Lipinski definition) is 2. The predicted molar refractivity (Wildman–Crippen MR) is 72.5 cm³/mol. The number of nitrogens with one attached hydrogen (secondary N) is 1. The van der Waals surface area contributed by atoms with Gasteiger partial charge in [-0.05, 0) is 42.4 Å². The molecule has 0 saturated heterocycles. The van der Waals surface area contributed by atoms with Gasteiger partial charge in [0.25, 0.3) is 0 Å². The first kappa shape index (κ1) is 14.3. The topological polar surface area (TPSA) is 72.2 Å². The zero-order valence-electron chi connectivity index (χ0n) is 11.1. The van der Waals surface area contributed by atoms with Crippen molar-refractivity contribution in [2.75, 3.05) is 12.3 Å². The van der Waals surface area contributed by atoms with Crippen LogP contribution in [0.4, 0.5) is 10.1 Å². The van der Waals surface area contributed by atoms with E-state index in [0.29, 0.717) is 12.5 Å². The third-order valence-electron chi connectivity index (χ3n) is 3.98. The van der Waals surface area contributed by atoms with Crippen molar-refractivity contribution in [2.24, 2.45) is 11.3 Å². The third-order valence-corrected chi connectivity index (χ3v) is 5.41. The van der Waals surface area contributed by atoms with Gasteiger partial charge in [0, 0.05) is 12.2 Å². The number of nitrogens with two attached hydrogens (primary N) is 1. The van der Waals surface area contributed by atoms with Gasteiger partial charge in [-0.1, -0.05) is 13.8 Å². The highest BCUT2D eigenvalue weighted by atomic mass is 32.2. The second kappa shape index (κ2) is 4.76. The number of anilines is 1. The number of rotatable bonds is 5. The molecule has 0 aliphatic heterocycles. The molecule has 0 aromatic heterocycles. The van der Waals surface area contributed by atoms with E-state index in [1.165, 1.54) is 12.1 Å². The molecule has 0 atom stereocenters. The standard InChI is InChI=1S/C13H19FN2O2S/c1-9(2)13(5-6-13)8-16-19(17,18)12-4-3-10(15)7-11(12)14/h3-4,7,9,16H,5-6,8,15H2,1-2H3. The van der Waals surface area contributed by atoms with Crippen LogP contribution >= 0.6 is 0 Å². The van der Waals surface area contributed by atoms with E-state index < -0.39 is 15.8 Å². The van der Waals surface area contributed by atoms with Crippen LogP contribution in [0.2, 0.25) is 0 Å². The Labute approximate surface area is 113 Å².